The Morgan fingerprint density at radius 3 is 3.00 bits per heavy atom. The molecule has 4 nitrogen and oxygen atoms in total. The van der Waals surface area contributed by atoms with Gasteiger partial charge in [0.15, 0.2) is 0 Å². The number of hydrogen-bond donors (Lipinski definition) is 2. The van der Waals surface area contributed by atoms with Crippen molar-refractivity contribution < 1.29 is 4.79 Å². The maximum absolute atomic E-state index is 12.2. The van der Waals surface area contributed by atoms with Crippen molar-refractivity contribution in [3.63, 3.8) is 0 Å². The molecule has 22 heavy (non-hydrogen) atoms. The summed E-state index contributed by atoms with van der Waals surface area (Å²) in [6.07, 6.45) is 1.14. The molecule has 2 heterocycles. The monoisotopic (exact) mass is 365 g/mol. The SMILES string of the molecule is CC(C(=O)NCC1CCN(c2cccc(Br)c2)C1)C1CNC1. The third-order valence-corrected chi connectivity index (χ3v) is 5.45. The van der Waals surface area contributed by atoms with Crippen molar-refractivity contribution in [3.8, 4) is 0 Å². The predicted molar refractivity (Wildman–Crippen MR) is 93.0 cm³/mol. The lowest BCUT2D eigenvalue weighted by Gasteiger charge is -2.32. The highest BCUT2D eigenvalue weighted by atomic mass is 79.9. The second kappa shape index (κ2) is 7.01. The number of amides is 1. The largest absolute Gasteiger partial charge is 0.371 e. The molecule has 2 atom stereocenters. The molecule has 0 aromatic heterocycles. The van der Waals surface area contributed by atoms with Crippen LogP contribution in [0.15, 0.2) is 28.7 Å². The Balaban J connectivity index is 1.46. The van der Waals surface area contributed by atoms with Crippen LogP contribution in [0.1, 0.15) is 13.3 Å². The van der Waals surface area contributed by atoms with Crippen LogP contribution in [-0.4, -0.2) is 38.6 Å². The quantitative estimate of drug-likeness (QED) is 0.840. The van der Waals surface area contributed by atoms with Gasteiger partial charge in [0, 0.05) is 35.7 Å². The van der Waals surface area contributed by atoms with Crippen LogP contribution < -0.4 is 15.5 Å². The number of carbonyl (C=O) groups excluding carboxylic acids is 1. The van der Waals surface area contributed by atoms with Gasteiger partial charge in [-0.05, 0) is 49.5 Å². The van der Waals surface area contributed by atoms with Gasteiger partial charge < -0.3 is 15.5 Å². The van der Waals surface area contributed by atoms with Crippen LogP contribution in [0.25, 0.3) is 0 Å². The maximum Gasteiger partial charge on any atom is 0.223 e. The summed E-state index contributed by atoms with van der Waals surface area (Å²) in [5.41, 5.74) is 1.26. The lowest BCUT2D eigenvalue weighted by Crippen LogP contribution is -2.50. The molecule has 1 aromatic rings. The van der Waals surface area contributed by atoms with E-state index in [0.717, 1.165) is 43.6 Å². The van der Waals surface area contributed by atoms with Gasteiger partial charge in [-0.3, -0.25) is 4.79 Å². The van der Waals surface area contributed by atoms with E-state index >= 15 is 0 Å². The minimum atomic E-state index is 0.129. The zero-order chi connectivity index (χ0) is 15.5. The molecule has 2 aliphatic rings. The molecule has 2 N–H and O–H groups in total. The van der Waals surface area contributed by atoms with E-state index in [9.17, 15) is 4.79 Å². The molecule has 1 amide bonds. The Labute approximate surface area is 140 Å². The molecule has 2 aliphatic heterocycles. The summed E-state index contributed by atoms with van der Waals surface area (Å²) in [7, 11) is 0. The van der Waals surface area contributed by atoms with Gasteiger partial charge in [0.1, 0.15) is 0 Å². The first-order valence-corrected chi connectivity index (χ1v) is 8.91. The smallest absolute Gasteiger partial charge is 0.223 e. The molecular formula is C17H24BrN3O. The van der Waals surface area contributed by atoms with E-state index in [1.54, 1.807) is 0 Å². The fraction of sp³-hybridized carbons (Fsp3) is 0.588. The van der Waals surface area contributed by atoms with Crippen molar-refractivity contribution >= 4 is 27.5 Å². The van der Waals surface area contributed by atoms with Crippen LogP contribution in [0, 0.1) is 17.8 Å². The summed E-state index contributed by atoms with van der Waals surface area (Å²) in [5, 5.41) is 6.39. The van der Waals surface area contributed by atoms with E-state index in [2.05, 4.69) is 49.7 Å². The van der Waals surface area contributed by atoms with Gasteiger partial charge in [-0.1, -0.05) is 28.9 Å². The number of anilines is 1. The summed E-state index contributed by atoms with van der Waals surface area (Å²) >= 11 is 3.53. The number of nitrogens with zero attached hydrogens (tertiary/aromatic N) is 1. The normalized spacial score (nSPS) is 23.2. The van der Waals surface area contributed by atoms with Gasteiger partial charge >= 0.3 is 0 Å². The highest BCUT2D eigenvalue weighted by Crippen LogP contribution is 2.26. The van der Waals surface area contributed by atoms with Crippen molar-refractivity contribution in [1.29, 1.82) is 0 Å². The van der Waals surface area contributed by atoms with Gasteiger partial charge in [0.05, 0.1) is 0 Å². The molecular weight excluding hydrogens is 342 g/mol. The van der Waals surface area contributed by atoms with Gasteiger partial charge in [-0.25, -0.2) is 0 Å². The zero-order valence-electron chi connectivity index (χ0n) is 13.0. The van der Waals surface area contributed by atoms with Crippen molar-refractivity contribution in [2.24, 2.45) is 17.8 Å². The number of rotatable bonds is 5. The number of nitrogens with one attached hydrogen (secondary N) is 2. The average molecular weight is 366 g/mol. The summed E-state index contributed by atoms with van der Waals surface area (Å²) < 4.78 is 1.12. The van der Waals surface area contributed by atoms with E-state index in [1.807, 2.05) is 13.0 Å². The van der Waals surface area contributed by atoms with Gasteiger partial charge in [0.2, 0.25) is 5.91 Å². The summed E-state index contributed by atoms with van der Waals surface area (Å²) in [6.45, 7) is 6.90. The van der Waals surface area contributed by atoms with Crippen molar-refractivity contribution in [2.45, 2.75) is 13.3 Å². The first-order chi connectivity index (χ1) is 10.6. The van der Waals surface area contributed by atoms with Crippen molar-refractivity contribution in [3.05, 3.63) is 28.7 Å². The zero-order valence-corrected chi connectivity index (χ0v) is 14.6. The van der Waals surface area contributed by atoms with E-state index in [4.69, 9.17) is 0 Å². The van der Waals surface area contributed by atoms with Crippen LogP contribution in [-0.2, 0) is 4.79 Å². The van der Waals surface area contributed by atoms with E-state index in [-0.39, 0.29) is 11.8 Å². The predicted octanol–water partition coefficient (Wildman–Crippen LogP) is 2.25. The molecule has 0 saturated carbocycles. The van der Waals surface area contributed by atoms with Gasteiger partial charge in [-0.15, -0.1) is 0 Å². The molecule has 2 saturated heterocycles. The van der Waals surface area contributed by atoms with Crippen LogP contribution in [0.5, 0.6) is 0 Å². The Kier molecular flexibility index (Phi) is 5.03. The van der Waals surface area contributed by atoms with Crippen molar-refractivity contribution in [2.75, 3.05) is 37.6 Å². The second-order valence-electron chi connectivity index (χ2n) is 6.53. The fourth-order valence-corrected chi connectivity index (χ4v) is 3.58. The fourth-order valence-electron chi connectivity index (χ4n) is 3.19. The van der Waals surface area contributed by atoms with E-state index < -0.39 is 0 Å². The molecule has 2 unspecified atom stereocenters. The minimum Gasteiger partial charge on any atom is -0.371 e. The Bertz CT molecular complexity index is 532. The van der Waals surface area contributed by atoms with Crippen LogP contribution >= 0.6 is 15.9 Å². The molecule has 0 aliphatic carbocycles. The third kappa shape index (κ3) is 3.63. The Morgan fingerprint density at radius 2 is 2.32 bits per heavy atom. The molecule has 3 rings (SSSR count). The van der Waals surface area contributed by atoms with E-state index in [0.29, 0.717) is 11.8 Å². The average Bonchev–Trinajstić information content (AvgIpc) is 2.91. The summed E-state index contributed by atoms with van der Waals surface area (Å²) in [6, 6.07) is 8.43. The molecule has 5 heteroatoms. The minimum absolute atomic E-state index is 0.129. The van der Waals surface area contributed by atoms with Crippen LogP contribution in [0.4, 0.5) is 5.69 Å². The highest BCUT2D eigenvalue weighted by molar-refractivity contribution is 9.10. The van der Waals surface area contributed by atoms with Crippen molar-refractivity contribution in [1.82, 2.24) is 10.6 Å². The standard InChI is InChI=1S/C17H24BrN3O/c1-12(14-9-19-10-14)17(22)20-8-13-5-6-21(11-13)16-4-2-3-15(18)7-16/h2-4,7,12-14,19H,5-6,8-11H2,1H3,(H,20,22). The van der Waals surface area contributed by atoms with Gasteiger partial charge in [-0.2, -0.15) is 0 Å². The Morgan fingerprint density at radius 1 is 1.50 bits per heavy atom. The first-order valence-electron chi connectivity index (χ1n) is 8.12. The lowest BCUT2D eigenvalue weighted by molar-refractivity contribution is -0.126. The number of carbonyl (C=O) groups is 1. The van der Waals surface area contributed by atoms with Crippen LogP contribution in [0.2, 0.25) is 0 Å². The first kappa shape index (κ1) is 15.8. The number of benzene rings is 1. The molecule has 120 valence electrons. The Hall–Kier alpha value is -1.07. The highest BCUT2D eigenvalue weighted by Gasteiger charge is 2.29. The topological polar surface area (TPSA) is 44.4 Å². The van der Waals surface area contributed by atoms with E-state index in [1.165, 1.54) is 5.69 Å². The molecule has 2 fully saturated rings. The third-order valence-electron chi connectivity index (χ3n) is 4.96. The maximum atomic E-state index is 12.2. The molecule has 1 aromatic carbocycles. The summed E-state index contributed by atoms with van der Waals surface area (Å²) in [4.78, 5) is 14.6. The van der Waals surface area contributed by atoms with Gasteiger partial charge in [0.25, 0.3) is 0 Å². The lowest BCUT2D eigenvalue weighted by atomic mass is 9.88. The molecule has 0 radical (unpaired) electrons. The summed E-state index contributed by atoms with van der Waals surface area (Å²) in [5.74, 6) is 1.41. The second-order valence-corrected chi connectivity index (χ2v) is 7.45. The number of hydrogen-bond acceptors (Lipinski definition) is 3. The molecule has 0 bridgehead atoms. The molecule has 0 spiro atoms. The van der Waals surface area contributed by atoms with Crippen LogP contribution in [0.3, 0.4) is 0 Å². The number of halogens is 1.